The molecule has 1 rings (SSSR count). The van der Waals surface area contributed by atoms with Crippen LogP contribution in [0.1, 0.15) is 59.8 Å². The molecule has 0 N–H and O–H groups in total. The summed E-state index contributed by atoms with van der Waals surface area (Å²) in [6.45, 7) is 9.50. The van der Waals surface area contributed by atoms with E-state index < -0.39 is 0 Å². The molecule has 0 spiro atoms. The van der Waals surface area contributed by atoms with E-state index in [2.05, 4.69) is 43.6 Å². The standard InChI is InChI=1S/C13H25Br/c1-10(14)11-6-5-7-12(9-8-11)13(2,3)4/h10-12H,5-9H2,1-4H3. The van der Waals surface area contributed by atoms with Gasteiger partial charge in [-0.2, -0.15) is 0 Å². The summed E-state index contributed by atoms with van der Waals surface area (Å²) in [5.41, 5.74) is 0.518. The van der Waals surface area contributed by atoms with E-state index in [1.54, 1.807) is 0 Å². The molecule has 0 aromatic heterocycles. The smallest absolute Gasteiger partial charge is 0.0145 e. The van der Waals surface area contributed by atoms with Crippen LogP contribution in [-0.2, 0) is 0 Å². The van der Waals surface area contributed by atoms with Crippen LogP contribution in [0.3, 0.4) is 0 Å². The molecular weight excluding hydrogens is 236 g/mol. The fourth-order valence-electron chi connectivity index (χ4n) is 2.66. The number of halogens is 1. The van der Waals surface area contributed by atoms with Gasteiger partial charge in [-0.3, -0.25) is 0 Å². The van der Waals surface area contributed by atoms with Crippen molar-refractivity contribution in [2.45, 2.75) is 64.6 Å². The van der Waals surface area contributed by atoms with Crippen LogP contribution in [0, 0.1) is 17.3 Å². The molecule has 1 aliphatic carbocycles. The Hall–Kier alpha value is 0.480. The molecule has 3 unspecified atom stereocenters. The van der Waals surface area contributed by atoms with Crippen LogP contribution in [0.5, 0.6) is 0 Å². The van der Waals surface area contributed by atoms with Crippen molar-refractivity contribution in [3.8, 4) is 0 Å². The first-order valence-corrected chi connectivity index (χ1v) is 6.97. The minimum absolute atomic E-state index is 0.518. The SMILES string of the molecule is CC(Br)C1CCCC(C(C)(C)C)CC1. The second-order valence-electron chi connectivity index (χ2n) is 6.01. The van der Waals surface area contributed by atoms with Gasteiger partial charge in [0.1, 0.15) is 0 Å². The molecule has 1 fully saturated rings. The first-order valence-electron chi connectivity index (χ1n) is 6.05. The monoisotopic (exact) mass is 260 g/mol. The lowest BCUT2D eigenvalue weighted by molar-refractivity contribution is 0.213. The van der Waals surface area contributed by atoms with Gasteiger partial charge < -0.3 is 0 Å². The van der Waals surface area contributed by atoms with Gasteiger partial charge in [0.15, 0.2) is 0 Å². The number of hydrogen-bond donors (Lipinski definition) is 0. The lowest BCUT2D eigenvalue weighted by Gasteiger charge is -2.29. The molecule has 1 aliphatic rings. The normalized spacial score (nSPS) is 32.4. The first-order chi connectivity index (χ1) is 6.41. The first kappa shape index (κ1) is 12.5. The summed E-state index contributed by atoms with van der Waals surface area (Å²) in [6, 6.07) is 0. The molecule has 0 amide bonds. The van der Waals surface area contributed by atoms with Gasteiger partial charge in [0.2, 0.25) is 0 Å². The Bertz CT molecular complexity index is 167. The second kappa shape index (κ2) is 5.01. The zero-order valence-corrected chi connectivity index (χ0v) is 11.7. The number of rotatable bonds is 1. The zero-order valence-electron chi connectivity index (χ0n) is 10.1. The molecule has 0 heterocycles. The van der Waals surface area contributed by atoms with Crippen molar-refractivity contribution < 1.29 is 0 Å². The quantitative estimate of drug-likeness (QED) is 0.459. The molecule has 0 bridgehead atoms. The number of alkyl halides is 1. The molecule has 0 nitrogen and oxygen atoms in total. The molecular formula is C13H25Br. The maximum Gasteiger partial charge on any atom is 0.0145 e. The number of hydrogen-bond acceptors (Lipinski definition) is 0. The Balaban J connectivity index is 2.49. The molecule has 0 saturated heterocycles. The highest BCUT2D eigenvalue weighted by Gasteiger charge is 2.28. The molecule has 1 saturated carbocycles. The van der Waals surface area contributed by atoms with Crippen LogP contribution < -0.4 is 0 Å². The summed E-state index contributed by atoms with van der Waals surface area (Å²) in [6.07, 6.45) is 7.17. The molecule has 0 radical (unpaired) electrons. The Morgan fingerprint density at radius 1 is 1.07 bits per heavy atom. The topological polar surface area (TPSA) is 0 Å². The van der Waals surface area contributed by atoms with Gasteiger partial charge in [0.05, 0.1) is 0 Å². The molecule has 0 aromatic rings. The minimum Gasteiger partial charge on any atom is -0.0891 e. The summed E-state index contributed by atoms with van der Waals surface area (Å²) in [5.74, 6) is 1.86. The Morgan fingerprint density at radius 2 is 1.71 bits per heavy atom. The van der Waals surface area contributed by atoms with Crippen molar-refractivity contribution >= 4 is 15.9 Å². The van der Waals surface area contributed by atoms with Crippen LogP contribution in [0.15, 0.2) is 0 Å². The van der Waals surface area contributed by atoms with Crippen molar-refractivity contribution in [2.24, 2.45) is 17.3 Å². The average Bonchev–Trinajstić information content (AvgIpc) is 2.26. The third kappa shape index (κ3) is 3.56. The van der Waals surface area contributed by atoms with E-state index in [4.69, 9.17) is 0 Å². The summed E-state index contributed by atoms with van der Waals surface area (Å²) in [5, 5.41) is 0. The average molecular weight is 261 g/mol. The predicted molar refractivity (Wildman–Crippen MR) is 67.9 cm³/mol. The van der Waals surface area contributed by atoms with Crippen molar-refractivity contribution in [3.63, 3.8) is 0 Å². The van der Waals surface area contributed by atoms with Gasteiger partial charge in [0.25, 0.3) is 0 Å². The Kier molecular flexibility index (Phi) is 4.49. The van der Waals surface area contributed by atoms with E-state index in [1.165, 1.54) is 32.1 Å². The maximum absolute atomic E-state index is 3.74. The Morgan fingerprint density at radius 3 is 2.21 bits per heavy atom. The fourth-order valence-corrected chi connectivity index (χ4v) is 3.18. The van der Waals surface area contributed by atoms with Crippen LogP contribution >= 0.6 is 15.9 Å². The van der Waals surface area contributed by atoms with Crippen molar-refractivity contribution in [2.75, 3.05) is 0 Å². The summed E-state index contributed by atoms with van der Waals surface area (Å²) >= 11 is 3.74. The molecule has 14 heavy (non-hydrogen) atoms. The van der Waals surface area contributed by atoms with E-state index >= 15 is 0 Å². The van der Waals surface area contributed by atoms with Gasteiger partial charge >= 0.3 is 0 Å². The highest BCUT2D eigenvalue weighted by molar-refractivity contribution is 9.09. The molecule has 84 valence electrons. The van der Waals surface area contributed by atoms with Crippen LogP contribution in [0.4, 0.5) is 0 Å². The molecule has 0 aliphatic heterocycles. The third-order valence-corrected chi connectivity index (χ3v) is 4.64. The van der Waals surface area contributed by atoms with Gasteiger partial charge in [-0.1, -0.05) is 50.0 Å². The third-order valence-electron chi connectivity index (χ3n) is 3.89. The van der Waals surface area contributed by atoms with Gasteiger partial charge in [-0.05, 0) is 42.9 Å². The van der Waals surface area contributed by atoms with E-state index in [1.807, 2.05) is 0 Å². The van der Waals surface area contributed by atoms with Crippen LogP contribution in [0.2, 0.25) is 0 Å². The fraction of sp³-hybridized carbons (Fsp3) is 1.00. The van der Waals surface area contributed by atoms with Gasteiger partial charge in [-0.25, -0.2) is 0 Å². The van der Waals surface area contributed by atoms with Gasteiger partial charge in [0, 0.05) is 4.83 Å². The molecule has 3 atom stereocenters. The second-order valence-corrected chi connectivity index (χ2v) is 7.45. The summed E-state index contributed by atoms with van der Waals surface area (Å²) in [7, 11) is 0. The maximum atomic E-state index is 3.74. The van der Waals surface area contributed by atoms with Crippen molar-refractivity contribution in [1.82, 2.24) is 0 Å². The summed E-state index contributed by atoms with van der Waals surface area (Å²) in [4.78, 5) is 0.709. The van der Waals surface area contributed by atoms with Crippen molar-refractivity contribution in [1.29, 1.82) is 0 Å². The van der Waals surface area contributed by atoms with Crippen LogP contribution in [-0.4, -0.2) is 4.83 Å². The van der Waals surface area contributed by atoms with Crippen LogP contribution in [0.25, 0.3) is 0 Å². The lowest BCUT2D eigenvalue weighted by atomic mass is 9.76. The van der Waals surface area contributed by atoms with E-state index in [0.29, 0.717) is 10.2 Å². The zero-order chi connectivity index (χ0) is 10.8. The van der Waals surface area contributed by atoms with E-state index in [9.17, 15) is 0 Å². The van der Waals surface area contributed by atoms with Gasteiger partial charge in [-0.15, -0.1) is 0 Å². The van der Waals surface area contributed by atoms with Crippen molar-refractivity contribution in [3.05, 3.63) is 0 Å². The van der Waals surface area contributed by atoms with E-state index in [0.717, 1.165) is 11.8 Å². The molecule has 0 aromatic carbocycles. The largest absolute Gasteiger partial charge is 0.0891 e. The molecule has 1 heteroatoms. The minimum atomic E-state index is 0.518. The highest BCUT2D eigenvalue weighted by atomic mass is 79.9. The Labute approximate surface area is 98.0 Å². The lowest BCUT2D eigenvalue weighted by Crippen LogP contribution is -2.20. The predicted octanol–water partition coefficient (Wildman–Crippen LogP) is 5.01. The highest BCUT2D eigenvalue weighted by Crippen LogP contribution is 2.39. The van der Waals surface area contributed by atoms with E-state index in [-0.39, 0.29) is 0 Å². The summed E-state index contributed by atoms with van der Waals surface area (Å²) < 4.78 is 0.